The first-order chi connectivity index (χ1) is 7.77. The first-order valence-corrected chi connectivity index (χ1v) is 6.78. The SMILES string of the molecule is CCCC1(C(=O)NC2CCC2)CCCNC1. The molecule has 16 heavy (non-hydrogen) atoms. The number of hydrogen-bond donors (Lipinski definition) is 2. The Hall–Kier alpha value is -0.570. The van der Waals surface area contributed by atoms with E-state index in [1.54, 1.807) is 0 Å². The number of carbonyl (C=O) groups is 1. The van der Waals surface area contributed by atoms with Crippen LogP contribution in [0, 0.1) is 5.41 Å². The molecule has 2 N–H and O–H groups in total. The summed E-state index contributed by atoms with van der Waals surface area (Å²) in [6, 6.07) is 0.475. The van der Waals surface area contributed by atoms with E-state index in [1.165, 1.54) is 19.3 Å². The molecule has 2 rings (SSSR count). The topological polar surface area (TPSA) is 41.1 Å². The summed E-state index contributed by atoms with van der Waals surface area (Å²) >= 11 is 0. The van der Waals surface area contributed by atoms with Gasteiger partial charge in [-0.25, -0.2) is 0 Å². The van der Waals surface area contributed by atoms with Gasteiger partial charge in [0.25, 0.3) is 0 Å². The molecule has 0 spiro atoms. The number of hydrogen-bond acceptors (Lipinski definition) is 2. The molecule has 1 aliphatic carbocycles. The van der Waals surface area contributed by atoms with Crippen molar-refractivity contribution in [2.24, 2.45) is 5.41 Å². The molecule has 1 heterocycles. The normalized spacial score (nSPS) is 30.8. The van der Waals surface area contributed by atoms with Gasteiger partial charge < -0.3 is 10.6 Å². The first kappa shape index (κ1) is 11.9. The molecule has 1 unspecified atom stereocenters. The van der Waals surface area contributed by atoms with E-state index in [9.17, 15) is 4.79 Å². The third kappa shape index (κ3) is 2.40. The zero-order chi connectivity index (χ0) is 11.4. The third-order valence-electron chi connectivity index (χ3n) is 4.12. The van der Waals surface area contributed by atoms with E-state index in [0.29, 0.717) is 11.9 Å². The van der Waals surface area contributed by atoms with Crippen molar-refractivity contribution < 1.29 is 4.79 Å². The van der Waals surface area contributed by atoms with Gasteiger partial charge in [0.05, 0.1) is 5.41 Å². The van der Waals surface area contributed by atoms with E-state index < -0.39 is 0 Å². The Morgan fingerprint density at radius 1 is 1.44 bits per heavy atom. The summed E-state index contributed by atoms with van der Waals surface area (Å²) in [5.74, 6) is 0.311. The van der Waals surface area contributed by atoms with Crippen molar-refractivity contribution in [2.75, 3.05) is 13.1 Å². The average molecular weight is 224 g/mol. The Morgan fingerprint density at radius 2 is 2.25 bits per heavy atom. The van der Waals surface area contributed by atoms with E-state index in [-0.39, 0.29) is 5.41 Å². The largest absolute Gasteiger partial charge is 0.353 e. The van der Waals surface area contributed by atoms with Crippen molar-refractivity contribution in [1.29, 1.82) is 0 Å². The van der Waals surface area contributed by atoms with Crippen LogP contribution in [0.5, 0.6) is 0 Å². The Labute approximate surface area is 98.4 Å². The molecular weight excluding hydrogens is 200 g/mol. The smallest absolute Gasteiger partial charge is 0.227 e. The number of piperidine rings is 1. The van der Waals surface area contributed by atoms with Crippen LogP contribution in [0.4, 0.5) is 0 Å². The van der Waals surface area contributed by atoms with Gasteiger partial charge in [0, 0.05) is 12.6 Å². The minimum atomic E-state index is -0.109. The highest BCUT2D eigenvalue weighted by atomic mass is 16.2. The molecule has 0 aromatic carbocycles. The predicted molar refractivity (Wildman–Crippen MR) is 65.2 cm³/mol. The summed E-state index contributed by atoms with van der Waals surface area (Å²) in [7, 11) is 0. The van der Waals surface area contributed by atoms with E-state index >= 15 is 0 Å². The first-order valence-electron chi connectivity index (χ1n) is 6.78. The highest BCUT2D eigenvalue weighted by Gasteiger charge is 2.39. The van der Waals surface area contributed by atoms with Gasteiger partial charge in [-0.3, -0.25) is 4.79 Å². The van der Waals surface area contributed by atoms with Crippen molar-refractivity contribution in [1.82, 2.24) is 10.6 Å². The summed E-state index contributed by atoms with van der Waals surface area (Å²) < 4.78 is 0. The van der Waals surface area contributed by atoms with Crippen LogP contribution in [0.1, 0.15) is 51.9 Å². The molecule has 1 aliphatic heterocycles. The molecule has 3 nitrogen and oxygen atoms in total. The molecule has 1 atom stereocenters. The van der Waals surface area contributed by atoms with Gasteiger partial charge in [-0.15, -0.1) is 0 Å². The Kier molecular flexibility index (Phi) is 3.85. The summed E-state index contributed by atoms with van der Waals surface area (Å²) in [6.07, 6.45) is 7.97. The highest BCUT2D eigenvalue weighted by molar-refractivity contribution is 5.83. The monoisotopic (exact) mass is 224 g/mol. The zero-order valence-corrected chi connectivity index (χ0v) is 10.3. The van der Waals surface area contributed by atoms with Crippen LogP contribution >= 0.6 is 0 Å². The van der Waals surface area contributed by atoms with Crippen molar-refractivity contribution in [3.63, 3.8) is 0 Å². The fourth-order valence-electron chi connectivity index (χ4n) is 2.86. The van der Waals surface area contributed by atoms with Crippen molar-refractivity contribution in [3.8, 4) is 0 Å². The van der Waals surface area contributed by atoms with Crippen LogP contribution in [-0.2, 0) is 4.79 Å². The lowest BCUT2D eigenvalue weighted by molar-refractivity contribution is -0.134. The molecule has 0 bridgehead atoms. The fourth-order valence-corrected chi connectivity index (χ4v) is 2.86. The molecule has 1 saturated heterocycles. The number of rotatable bonds is 4. The second kappa shape index (κ2) is 5.17. The molecule has 92 valence electrons. The highest BCUT2D eigenvalue weighted by Crippen LogP contribution is 2.33. The molecule has 1 amide bonds. The number of carbonyl (C=O) groups excluding carboxylic acids is 1. The quantitative estimate of drug-likeness (QED) is 0.765. The molecule has 3 heteroatoms. The summed E-state index contributed by atoms with van der Waals surface area (Å²) in [5, 5.41) is 6.62. The van der Waals surface area contributed by atoms with Gasteiger partial charge in [0.15, 0.2) is 0 Å². The van der Waals surface area contributed by atoms with Gasteiger partial charge in [0.2, 0.25) is 5.91 Å². The summed E-state index contributed by atoms with van der Waals surface area (Å²) in [5.41, 5.74) is -0.109. The minimum absolute atomic E-state index is 0.109. The van der Waals surface area contributed by atoms with Crippen LogP contribution in [-0.4, -0.2) is 25.0 Å². The van der Waals surface area contributed by atoms with Crippen LogP contribution < -0.4 is 10.6 Å². The van der Waals surface area contributed by atoms with Gasteiger partial charge in [-0.2, -0.15) is 0 Å². The van der Waals surface area contributed by atoms with E-state index in [1.807, 2.05) is 0 Å². The summed E-state index contributed by atoms with van der Waals surface area (Å²) in [4.78, 5) is 12.4. The van der Waals surface area contributed by atoms with Crippen LogP contribution in [0.25, 0.3) is 0 Å². The van der Waals surface area contributed by atoms with Crippen LogP contribution in [0.2, 0.25) is 0 Å². The fraction of sp³-hybridized carbons (Fsp3) is 0.923. The average Bonchev–Trinajstić information content (AvgIpc) is 2.25. The molecule has 0 aromatic heterocycles. The Balaban J connectivity index is 1.95. The maximum atomic E-state index is 12.4. The maximum absolute atomic E-state index is 12.4. The van der Waals surface area contributed by atoms with Crippen molar-refractivity contribution in [2.45, 2.75) is 57.9 Å². The molecule has 0 aromatic rings. The second-order valence-electron chi connectivity index (χ2n) is 5.41. The zero-order valence-electron chi connectivity index (χ0n) is 10.3. The minimum Gasteiger partial charge on any atom is -0.353 e. The molecule has 2 aliphatic rings. The van der Waals surface area contributed by atoms with Crippen LogP contribution in [0.15, 0.2) is 0 Å². The lowest BCUT2D eigenvalue weighted by Gasteiger charge is -2.39. The van der Waals surface area contributed by atoms with Gasteiger partial charge in [-0.05, 0) is 45.1 Å². The van der Waals surface area contributed by atoms with Gasteiger partial charge in [-0.1, -0.05) is 13.3 Å². The predicted octanol–water partition coefficient (Wildman–Crippen LogP) is 1.82. The summed E-state index contributed by atoms with van der Waals surface area (Å²) in [6.45, 7) is 4.12. The van der Waals surface area contributed by atoms with Gasteiger partial charge in [0.1, 0.15) is 0 Å². The van der Waals surface area contributed by atoms with Crippen LogP contribution in [0.3, 0.4) is 0 Å². The van der Waals surface area contributed by atoms with E-state index in [0.717, 1.165) is 38.8 Å². The molecule has 2 fully saturated rings. The Bertz CT molecular complexity index is 237. The van der Waals surface area contributed by atoms with E-state index in [2.05, 4.69) is 17.6 Å². The lowest BCUT2D eigenvalue weighted by Crippen LogP contribution is -2.53. The molecule has 0 radical (unpaired) electrons. The second-order valence-corrected chi connectivity index (χ2v) is 5.41. The maximum Gasteiger partial charge on any atom is 0.227 e. The number of amides is 1. The third-order valence-corrected chi connectivity index (χ3v) is 4.12. The lowest BCUT2D eigenvalue weighted by atomic mass is 9.75. The van der Waals surface area contributed by atoms with Gasteiger partial charge >= 0.3 is 0 Å². The van der Waals surface area contributed by atoms with Crippen molar-refractivity contribution >= 4 is 5.91 Å². The molecular formula is C13H24N2O. The van der Waals surface area contributed by atoms with Crippen molar-refractivity contribution in [3.05, 3.63) is 0 Å². The molecule has 1 saturated carbocycles. The van der Waals surface area contributed by atoms with E-state index in [4.69, 9.17) is 0 Å². The number of nitrogens with one attached hydrogen (secondary N) is 2. The Morgan fingerprint density at radius 3 is 2.75 bits per heavy atom. The standard InChI is InChI=1S/C13H24N2O/c1-2-7-13(8-4-9-14-10-13)12(16)15-11-5-3-6-11/h11,14H,2-10H2,1H3,(H,15,16).